The van der Waals surface area contributed by atoms with Crippen molar-refractivity contribution in [2.75, 3.05) is 5.73 Å². The number of hydrogen-bond donors (Lipinski definition) is 2. The Balaban J connectivity index is 1.71. The first-order valence-electron chi connectivity index (χ1n) is 6.77. The SMILES string of the molecule is Nc1n[nH]nc1-c1ccc(/C=C/C2CCCCC2)s1. The maximum absolute atomic E-state index is 5.76. The molecule has 0 radical (unpaired) electrons. The highest BCUT2D eigenvalue weighted by molar-refractivity contribution is 7.16. The maximum atomic E-state index is 5.76. The van der Waals surface area contributed by atoms with Gasteiger partial charge in [-0.1, -0.05) is 25.3 Å². The number of allylic oxidation sites excluding steroid dienone is 1. The highest BCUT2D eigenvalue weighted by atomic mass is 32.1. The molecule has 2 aromatic rings. The van der Waals surface area contributed by atoms with Gasteiger partial charge in [0.15, 0.2) is 5.82 Å². The molecule has 3 N–H and O–H groups in total. The van der Waals surface area contributed by atoms with Crippen molar-refractivity contribution in [2.24, 2.45) is 5.92 Å². The number of rotatable bonds is 3. The molecule has 5 heteroatoms. The van der Waals surface area contributed by atoms with Gasteiger partial charge in [0.1, 0.15) is 5.69 Å². The number of aromatic amines is 1. The van der Waals surface area contributed by atoms with E-state index < -0.39 is 0 Å². The van der Waals surface area contributed by atoms with Gasteiger partial charge in [0, 0.05) is 4.88 Å². The van der Waals surface area contributed by atoms with E-state index in [9.17, 15) is 0 Å². The number of nitrogens with two attached hydrogens (primary N) is 1. The van der Waals surface area contributed by atoms with Gasteiger partial charge < -0.3 is 5.73 Å². The number of thiophene rings is 1. The Morgan fingerprint density at radius 1 is 1.21 bits per heavy atom. The van der Waals surface area contributed by atoms with Crippen molar-refractivity contribution >= 4 is 23.2 Å². The first kappa shape index (κ1) is 12.4. The lowest BCUT2D eigenvalue weighted by atomic mass is 9.89. The average Bonchev–Trinajstić information content (AvgIpc) is 3.06. The van der Waals surface area contributed by atoms with Crippen molar-refractivity contribution in [1.29, 1.82) is 0 Å². The first-order valence-corrected chi connectivity index (χ1v) is 7.59. The van der Waals surface area contributed by atoms with Crippen molar-refractivity contribution < 1.29 is 0 Å². The quantitative estimate of drug-likeness (QED) is 0.896. The number of anilines is 1. The summed E-state index contributed by atoms with van der Waals surface area (Å²) in [6, 6.07) is 4.17. The van der Waals surface area contributed by atoms with Crippen LogP contribution in [0.25, 0.3) is 16.6 Å². The molecular formula is C14H18N4S. The smallest absolute Gasteiger partial charge is 0.174 e. The van der Waals surface area contributed by atoms with Gasteiger partial charge in [-0.05, 0) is 37.0 Å². The standard InChI is InChI=1S/C14H18N4S/c15-14-13(16-18-17-14)12-9-8-11(19-12)7-6-10-4-2-1-3-5-10/h6-10H,1-5H2,(H3,15,16,17,18)/b7-6+. The van der Waals surface area contributed by atoms with E-state index in [1.807, 2.05) is 0 Å². The van der Waals surface area contributed by atoms with Crippen LogP contribution in [0.1, 0.15) is 37.0 Å². The van der Waals surface area contributed by atoms with Gasteiger partial charge >= 0.3 is 0 Å². The highest BCUT2D eigenvalue weighted by Gasteiger charge is 2.11. The molecule has 1 aliphatic rings. The van der Waals surface area contributed by atoms with Crippen molar-refractivity contribution in [3.05, 3.63) is 23.1 Å². The number of H-pyrrole nitrogens is 1. The van der Waals surface area contributed by atoms with Crippen LogP contribution in [0.2, 0.25) is 0 Å². The summed E-state index contributed by atoms with van der Waals surface area (Å²) in [6.07, 6.45) is 11.4. The Hall–Kier alpha value is -1.62. The normalized spacial score (nSPS) is 17.3. The minimum Gasteiger partial charge on any atom is -0.380 e. The number of hydrogen-bond acceptors (Lipinski definition) is 4. The summed E-state index contributed by atoms with van der Waals surface area (Å²) in [4.78, 5) is 2.32. The van der Waals surface area contributed by atoms with Crippen LogP contribution < -0.4 is 5.73 Å². The molecule has 3 rings (SSSR count). The van der Waals surface area contributed by atoms with Gasteiger partial charge in [-0.15, -0.1) is 16.4 Å². The summed E-state index contributed by atoms with van der Waals surface area (Å²) < 4.78 is 0. The Morgan fingerprint density at radius 2 is 2.05 bits per heavy atom. The molecule has 0 aromatic carbocycles. The lowest BCUT2D eigenvalue weighted by Crippen LogP contribution is -2.02. The van der Waals surface area contributed by atoms with Gasteiger partial charge in [-0.2, -0.15) is 10.3 Å². The van der Waals surface area contributed by atoms with Crippen LogP contribution >= 0.6 is 11.3 Å². The molecule has 0 unspecified atom stereocenters. The number of nitrogen functional groups attached to an aromatic ring is 1. The van der Waals surface area contributed by atoms with Gasteiger partial charge in [0.2, 0.25) is 0 Å². The van der Waals surface area contributed by atoms with E-state index in [2.05, 4.69) is 39.7 Å². The monoisotopic (exact) mass is 274 g/mol. The second-order valence-electron chi connectivity index (χ2n) is 5.02. The highest BCUT2D eigenvalue weighted by Crippen LogP contribution is 2.31. The van der Waals surface area contributed by atoms with Crippen LogP contribution in [0.5, 0.6) is 0 Å². The molecule has 2 aromatic heterocycles. The van der Waals surface area contributed by atoms with Crippen LogP contribution in [0.4, 0.5) is 5.82 Å². The summed E-state index contributed by atoms with van der Waals surface area (Å²) >= 11 is 1.70. The summed E-state index contributed by atoms with van der Waals surface area (Å²) in [5.74, 6) is 1.22. The van der Waals surface area contributed by atoms with E-state index in [4.69, 9.17) is 5.73 Å². The Labute approximate surface area is 116 Å². The summed E-state index contributed by atoms with van der Waals surface area (Å²) in [5, 5.41) is 10.5. The third-order valence-corrected chi connectivity index (χ3v) is 4.67. The number of nitrogens with zero attached hydrogens (tertiary/aromatic N) is 2. The Kier molecular flexibility index (Phi) is 3.64. The summed E-state index contributed by atoms with van der Waals surface area (Å²) in [5.41, 5.74) is 6.51. The second kappa shape index (κ2) is 5.57. The minimum atomic E-state index is 0.463. The van der Waals surface area contributed by atoms with Crippen molar-refractivity contribution in [2.45, 2.75) is 32.1 Å². The molecule has 4 nitrogen and oxygen atoms in total. The Morgan fingerprint density at radius 3 is 2.79 bits per heavy atom. The molecular weight excluding hydrogens is 256 g/mol. The predicted molar refractivity (Wildman–Crippen MR) is 79.7 cm³/mol. The second-order valence-corrected chi connectivity index (χ2v) is 6.13. The molecule has 0 spiro atoms. The van der Waals surface area contributed by atoms with Crippen LogP contribution in [-0.4, -0.2) is 15.4 Å². The van der Waals surface area contributed by atoms with Crippen LogP contribution in [-0.2, 0) is 0 Å². The van der Waals surface area contributed by atoms with E-state index in [-0.39, 0.29) is 0 Å². The van der Waals surface area contributed by atoms with Gasteiger partial charge in [0.25, 0.3) is 0 Å². The molecule has 0 amide bonds. The fraction of sp³-hybridized carbons (Fsp3) is 0.429. The van der Waals surface area contributed by atoms with Gasteiger partial charge in [0.05, 0.1) is 4.88 Å². The maximum Gasteiger partial charge on any atom is 0.174 e. The molecule has 1 fully saturated rings. The fourth-order valence-electron chi connectivity index (χ4n) is 2.55. The zero-order chi connectivity index (χ0) is 13.1. The largest absolute Gasteiger partial charge is 0.380 e. The zero-order valence-corrected chi connectivity index (χ0v) is 11.6. The first-order chi connectivity index (χ1) is 9.33. The van der Waals surface area contributed by atoms with E-state index >= 15 is 0 Å². The molecule has 0 atom stereocenters. The van der Waals surface area contributed by atoms with Gasteiger partial charge in [-0.3, -0.25) is 0 Å². The van der Waals surface area contributed by atoms with Crippen molar-refractivity contribution in [1.82, 2.24) is 15.4 Å². The fourth-order valence-corrected chi connectivity index (χ4v) is 3.47. The van der Waals surface area contributed by atoms with Crippen LogP contribution in [0, 0.1) is 5.92 Å². The lowest BCUT2D eigenvalue weighted by Gasteiger charge is -2.17. The molecule has 0 saturated heterocycles. The van der Waals surface area contributed by atoms with E-state index in [1.165, 1.54) is 37.0 Å². The molecule has 0 aliphatic heterocycles. The molecule has 1 aliphatic carbocycles. The Bertz CT molecular complexity index is 564. The molecule has 1 saturated carbocycles. The summed E-state index contributed by atoms with van der Waals surface area (Å²) in [7, 11) is 0. The molecule has 0 bridgehead atoms. The van der Waals surface area contributed by atoms with E-state index in [0.29, 0.717) is 5.82 Å². The number of nitrogens with one attached hydrogen (secondary N) is 1. The third kappa shape index (κ3) is 2.87. The third-order valence-electron chi connectivity index (χ3n) is 3.62. The zero-order valence-electron chi connectivity index (χ0n) is 10.8. The van der Waals surface area contributed by atoms with E-state index in [0.717, 1.165) is 16.5 Å². The number of aromatic nitrogens is 3. The molecule has 19 heavy (non-hydrogen) atoms. The predicted octanol–water partition coefficient (Wildman–Crippen LogP) is 3.71. The lowest BCUT2D eigenvalue weighted by molar-refractivity contribution is 0.420. The average molecular weight is 274 g/mol. The minimum absolute atomic E-state index is 0.463. The van der Waals surface area contributed by atoms with Crippen molar-refractivity contribution in [3.63, 3.8) is 0 Å². The van der Waals surface area contributed by atoms with Crippen LogP contribution in [0.15, 0.2) is 18.2 Å². The van der Waals surface area contributed by atoms with Crippen molar-refractivity contribution in [3.8, 4) is 10.6 Å². The van der Waals surface area contributed by atoms with Crippen LogP contribution in [0.3, 0.4) is 0 Å². The van der Waals surface area contributed by atoms with E-state index in [1.54, 1.807) is 11.3 Å². The topological polar surface area (TPSA) is 67.6 Å². The molecule has 2 heterocycles. The summed E-state index contributed by atoms with van der Waals surface area (Å²) in [6.45, 7) is 0. The molecule has 100 valence electrons. The van der Waals surface area contributed by atoms with Gasteiger partial charge in [-0.25, -0.2) is 0 Å².